The Kier molecular flexibility index (Phi) is 26.8. The first kappa shape index (κ1) is 69.2. The second-order valence-electron chi connectivity index (χ2n) is 24.8. The van der Waals surface area contributed by atoms with Crippen LogP contribution in [-0.4, -0.2) is 144 Å². The quantitative estimate of drug-likeness (QED) is 0.115. The van der Waals surface area contributed by atoms with E-state index in [0.29, 0.717) is 24.0 Å². The molecule has 86 heavy (non-hydrogen) atoms. The average Bonchev–Trinajstić information content (AvgIpc) is 3.64. The highest BCUT2D eigenvalue weighted by Gasteiger charge is 2.43. The summed E-state index contributed by atoms with van der Waals surface area (Å²) in [5, 5.41) is 0. The van der Waals surface area contributed by atoms with Crippen molar-refractivity contribution in [3.63, 3.8) is 0 Å². The molecule has 5 rings (SSSR count). The number of cyclic esters (lactones) is 4. The zero-order chi connectivity index (χ0) is 63.4. The van der Waals surface area contributed by atoms with E-state index in [1.54, 1.807) is 0 Å². The fourth-order valence-electron chi connectivity index (χ4n) is 10.6. The number of nitrogens with zero attached hydrogens (tertiary/aromatic N) is 4. The molecule has 0 spiro atoms. The first-order valence-corrected chi connectivity index (χ1v) is 30.5. The lowest BCUT2D eigenvalue weighted by atomic mass is 9.98. The number of ether oxygens (including phenoxy) is 4. The minimum atomic E-state index is -1.53. The highest BCUT2D eigenvalue weighted by atomic mass is 16.6. The molecule has 0 radical (unpaired) electrons. The molecule has 1 unspecified atom stereocenters. The summed E-state index contributed by atoms with van der Waals surface area (Å²) in [6, 6.07) is 10.1. The van der Waals surface area contributed by atoms with Crippen molar-refractivity contribution in [3.05, 3.63) is 155 Å². The van der Waals surface area contributed by atoms with Crippen molar-refractivity contribution in [3.8, 4) is 0 Å². The van der Waals surface area contributed by atoms with Crippen LogP contribution in [0.4, 0.5) is 0 Å². The maximum Gasteiger partial charge on any atom is 0.329 e. The Hall–Kier alpha value is -7.62. The van der Waals surface area contributed by atoms with Gasteiger partial charge < -0.3 is 38.5 Å². The molecule has 16 nitrogen and oxygen atoms in total. The SMILES string of the molecule is CC(C)CC1C(=O)O[C@H](C)C(=O)N(C)[C@@H](CC(C)C)C(=O)O[C@H](Cc2ccc(CC3=CC=CC=CC3)cc2)C(=O)N(C)[C@@H](CC(C)C)C(=O)O[C@H](C)C(=O)N(C)[C@@H](CC(C)C)C(=O)O[C@H](Cc2ccc(CC3=C/C=C\C/C=C\C=C\3)cc2)C(=O)N1C. The Bertz CT molecular complexity index is 2880. The summed E-state index contributed by atoms with van der Waals surface area (Å²) >= 11 is 0. The zero-order valence-corrected chi connectivity index (χ0v) is 53.2. The summed E-state index contributed by atoms with van der Waals surface area (Å²) in [6.45, 7) is 17.7. The third kappa shape index (κ3) is 20.8. The number of allylic oxidation sites excluding steroid dienone is 14. The minimum absolute atomic E-state index is 0.0898. The summed E-state index contributed by atoms with van der Waals surface area (Å²) in [7, 11) is 5.64. The zero-order valence-electron chi connectivity index (χ0n) is 53.2. The molecule has 0 saturated carbocycles. The van der Waals surface area contributed by atoms with Gasteiger partial charge in [-0.25, -0.2) is 19.2 Å². The topological polar surface area (TPSA) is 186 Å². The molecule has 2 aromatic rings. The molecule has 1 heterocycles. The molecule has 1 aliphatic heterocycles. The van der Waals surface area contributed by atoms with Crippen LogP contribution in [0.3, 0.4) is 0 Å². The monoisotopic (exact) mass is 1180 g/mol. The molecule has 0 bridgehead atoms. The predicted octanol–water partition coefficient (Wildman–Crippen LogP) is 10.2. The first-order valence-electron chi connectivity index (χ1n) is 30.5. The van der Waals surface area contributed by atoms with Crippen LogP contribution in [-0.2, 0) is 83.0 Å². The van der Waals surface area contributed by atoms with E-state index in [1.165, 1.54) is 57.4 Å². The van der Waals surface area contributed by atoms with Gasteiger partial charge in [-0.15, -0.1) is 0 Å². The van der Waals surface area contributed by atoms with Crippen molar-refractivity contribution in [2.45, 2.75) is 182 Å². The Morgan fingerprint density at radius 1 is 0.407 bits per heavy atom. The van der Waals surface area contributed by atoms with Crippen molar-refractivity contribution < 1.29 is 57.3 Å². The summed E-state index contributed by atoms with van der Waals surface area (Å²) in [6.07, 6.45) is 21.5. The number of carbonyl (C=O) groups excluding carboxylic acids is 8. The normalized spacial score (nSPS) is 25.8. The Balaban J connectivity index is 1.58. The van der Waals surface area contributed by atoms with E-state index in [4.69, 9.17) is 18.9 Å². The van der Waals surface area contributed by atoms with Gasteiger partial charge in [0.05, 0.1) is 0 Å². The van der Waals surface area contributed by atoms with Gasteiger partial charge in [0, 0.05) is 41.0 Å². The van der Waals surface area contributed by atoms with Gasteiger partial charge in [-0.05, 0) is 117 Å². The van der Waals surface area contributed by atoms with E-state index in [1.807, 2.05) is 146 Å². The van der Waals surface area contributed by atoms with Crippen LogP contribution in [0, 0.1) is 23.7 Å². The fraction of sp³-hybridized carbons (Fsp3) is 0.514. The molecule has 4 amide bonds. The van der Waals surface area contributed by atoms with Crippen LogP contribution in [0.5, 0.6) is 0 Å². The van der Waals surface area contributed by atoms with Crippen molar-refractivity contribution in [1.29, 1.82) is 0 Å². The number of amides is 4. The van der Waals surface area contributed by atoms with Gasteiger partial charge in [0.25, 0.3) is 23.6 Å². The number of likely N-dealkylation sites (N-methyl/N-ethyl adjacent to an activating group) is 4. The summed E-state index contributed by atoms with van der Waals surface area (Å²) in [5.74, 6) is -7.30. The van der Waals surface area contributed by atoms with Crippen molar-refractivity contribution in [2.75, 3.05) is 28.2 Å². The number of hydrogen-bond acceptors (Lipinski definition) is 12. The van der Waals surface area contributed by atoms with Crippen LogP contribution in [0.2, 0.25) is 0 Å². The predicted molar refractivity (Wildman–Crippen MR) is 334 cm³/mol. The molecule has 8 atom stereocenters. The lowest BCUT2D eigenvalue weighted by Gasteiger charge is -2.35. The molecular formula is C70H94N4O12. The standard InChI is InChI=1S/C70H94N4O12/c1-45(2)37-57-67(79)83-50(10)64(76)72(12)60(40-48(7)8)70(82)86-62(44-56-35-31-54(32-36-56)42-52-27-23-19-20-24-28-52)66(78)74(14)58(38-46(3)4)68(80)84-49(9)63(75)71(11)59(39-47(5)6)69(81)85-61(65(77)73(57)13)43-55-33-29-53(30-34-55)41-51-25-21-17-15-16-18-22-26-51/h15,17-27,29-36,45-50,57-62H,16,28,37-44H2,1-14H3/b17-15-,22-18-,25-21+,51-26+/t49-,50-,57?,58+,59+,60+,61-,62-/m1/s1. The minimum Gasteiger partial charge on any atom is -0.451 e. The van der Waals surface area contributed by atoms with Gasteiger partial charge in [0.1, 0.15) is 24.2 Å². The number of esters is 4. The van der Waals surface area contributed by atoms with Gasteiger partial charge >= 0.3 is 23.9 Å². The highest BCUT2D eigenvalue weighted by Crippen LogP contribution is 2.26. The van der Waals surface area contributed by atoms with Gasteiger partial charge in [-0.2, -0.15) is 0 Å². The van der Waals surface area contributed by atoms with E-state index in [9.17, 15) is 28.8 Å². The van der Waals surface area contributed by atoms with Crippen molar-refractivity contribution in [1.82, 2.24) is 19.6 Å². The van der Waals surface area contributed by atoms with Crippen molar-refractivity contribution >= 4 is 47.5 Å². The van der Waals surface area contributed by atoms with Gasteiger partial charge in [-0.1, -0.05) is 182 Å². The Morgan fingerprint density at radius 2 is 0.767 bits per heavy atom. The Morgan fingerprint density at radius 3 is 1.19 bits per heavy atom. The Labute approximate surface area is 511 Å². The largest absolute Gasteiger partial charge is 0.451 e. The molecular weight excluding hydrogens is 1090 g/mol. The van der Waals surface area contributed by atoms with E-state index in [2.05, 4.69) is 30.4 Å². The third-order valence-corrected chi connectivity index (χ3v) is 15.6. The van der Waals surface area contributed by atoms with Crippen LogP contribution in [0.15, 0.2) is 133 Å². The maximum absolute atomic E-state index is 15.1. The van der Waals surface area contributed by atoms with Gasteiger partial charge in [0.2, 0.25) is 0 Å². The number of carbonyl (C=O) groups is 8. The van der Waals surface area contributed by atoms with Crippen LogP contribution in [0.1, 0.15) is 130 Å². The summed E-state index contributed by atoms with van der Waals surface area (Å²) < 4.78 is 24.4. The molecule has 1 saturated heterocycles. The fourth-order valence-corrected chi connectivity index (χ4v) is 10.6. The van der Waals surface area contributed by atoms with E-state index < -0.39 is 96.1 Å². The molecule has 0 aromatic heterocycles. The molecule has 2 aliphatic carbocycles. The van der Waals surface area contributed by atoms with Crippen LogP contribution in [0.25, 0.3) is 0 Å². The summed E-state index contributed by atoms with van der Waals surface area (Å²) in [4.78, 5) is 123. The average molecular weight is 1180 g/mol. The second kappa shape index (κ2) is 33.3. The molecule has 1 fully saturated rings. The lowest BCUT2D eigenvalue weighted by Crippen LogP contribution is -2.55. The van der Waals surface area contributed by atoms with Gasteiger partial charge in [-0.3, -0.25) is 19.2 Å². The van der Waals surface area contributed by atoms with Crippen LogP contribution < -0.4 is 0 Å². The summed E-state index contributed by atoms with van der Waals surface area (Å²) in [5.41, 5.74) is 5.60. The smallest absolute Gasteiger partial charge is 0.329 e. The molecule has 3 aliphatic rings. The second-order valence-corrected chi connectivity index (χ2v) is 24.8. The number of rotatable bonds is 16. The highest BCUT2D eigenvalue weighted by molar-refractivity contribution is 5.94. The lowest BCUT2D eigenvalue weighted by molar-refractivity contribution is -0.176. The van der Waals surface area contributed by atoms with Crippen molar-refractivity contribution in [2.24, 2.45) is 23.7 Å². The van der Waals surface area contributed by atoms with E-state index >= 15 is 9.59 Å². The molecule has 2 aromatic carbocycles. The molecule has 0 N–H and O–H groups in total. The van der Waals surface area contributed by atoms with E-state index in [0.717, 1.165) is 39.3 Å². The first-order chi connectivity index (χ1) is 40.7. The van der Waals surface area contributed by atoms with E-state index in [-0.39, 0.29) is 62.2 Å². The third-order valence-electron chi connectivity index (χ3n) is 15.6. The molecule has 16 heteroatoms. The van der Waals surface area contributed by atoms with Crippen LogP contribution >= 0.6 is 0 Å². The molecule has 466 valence electrons. The van der Waals surface area contributed by atoms with Gasteiger partial charge in [0.15, 0.2) is 24.4 Å². The number of benzene rings is 2. The number of hydrogen-bond donors (Lipinski definition) is 0. The maximum atomic E-state index is 15.1.